The zero-order valence-electron chi connectivity index (χ0n) is 18.0. The van der Waals surface area contributed by atoms with Crippen molar-refractivity contribution in [2.75, 3.05) is 22.4 Å². The molecule has 0 saturated carbocycles. The van der Waals surface area contributed by atoms with E-state index in [-0.39, 0.29) is 22.0 Å². The maximum atomic E-state index is 14.0. The number of aryl methyl sites for hydroxylation is 1. The summed E-state index contributed by atoms with van der Waals surface area (Å²) in [6, 6.07) is 12.6. The number of nitrogens with one attached hydrogen (secondary N) is 1. The van der Waals surface area contributed by atoms with E-state index in [1.165, 1.54) is 40.7 Å². The van der Waals surface area contributed by atoms with Crippen LogP contribution in [0.15, 0.2) is 70.5 Å². The summed E-state index contributed by atoms with van der Waals surface area (Å²) >= 11 is 0. The quantitative estimate of drug-likeness (QED) is 0.568. The predicted octanol–water partition coefficient (Wildman–Crippen LogP) is 3.76. The normalized spacial score (nSPS) is 13.9. The third kappa shape index (κ3) is 4.53. The fraction of sp³-hybridized carbons (Fsp3) is 0.174. The first kappa shape index (κ1) is 23.8. The molecule has 7 nitrogen and oxygen atoms in total. The first-order valence-electron chi connectivity index (χ1n) is 10.2. The number of hydrogen-bond acceptors (Lipinski definition) is 5. The van der Waals surface area contributed by atoms with E-state index < -0.39 is 43.0 Å². The monoisotopic (exact) mass is 506 g/mol. The number of carbonyl (C=O) groups is 1. The smallest absolute Gasteiger partial charge is 0.264 e. The van der Waals surface area contributed by atoms with Crippen LogP contribution in [0.4, 0.5) is 20.2 Å². The Kier molecular flexibility index (Phi) is 6.17. The molecule has 0 aromatic heterocycles. The molecule has 1 aliphatic rings. The van der Waals surface area contributed by atoms with Crippen molar-refractivity contribution in [3.8, 4) is 0 Å². The van der Waals surface area contributed by atoms with Crippen molar-refractivity contribution >= 4 is 37.1 Å². The van der Waals surface area contributed by atoms with E-state index in [4.69, 9.17) is 0 Å². The SMILES string of the molecule is CS(=O)(=O)c1ccc(S(=O)(=O)N2CCCc3ccc(NC(=O)c4c(F)cccc4F)cc32)cc1. The van der Waals surface area contributed by atoms with E-state index >= 15 is 0 Å². The molecule has 1 heterocycles. The number of hydrogen-bond donors (Lipinski definition) is 1. The minimum absolute atomic E-state index is 0.00382. The van der Waals surface area contributed by atoms with Gasteiger partial charge < -0.3 is 5.32 Å². The molecule has 3 aromatic rings. The highest BCUT2D eigenvalue weighted by atomic mass is 32.2. The highest BCUT2D eigenvalue weighted by molar-refractivity contribution is 7.93. The Labute approximate surface area is 196 Å². The van der Waals surface area contributed by atoms with E-state index in [0.717, 1.165) is 30.0 Å². The van der Waals surface area contributed by atoms with Gasteiger partial charge in [-0.1, -0.05) is 12.1 Å². The van der Waals surface area contributed by atoms with E-state index in [1.54, 1.807) is 6.07 Å². The number of halogens is 2. The number of carbonyl (C=O) groups excluding carboxylic acids is 1. The minimum Gasteiger partial charge on any atom is -0.322 e. The van der Waals surface area contributed by atoms with Gasteiger partial charge in [-0.2, -0.15) is 0 Å². The zero-order valence-corrected chi connectivity index (χ0v) is 19.6. The van der Waals surface area contributed by atoms with Crippen LogP contribution in [0, 0.1) is 11.6 Å². The summed E-state index contributed by atoms with van der Waals surface area (Å²) in [5.41, 5.74) is 0.472. The highest BCUT2D eigenvalue weighted by Crippen LogP contribution is 2.34. The van der Waals surface area contributed by atoms with Crippen LogP contribution in [0.2, 0.25) is 0 Å². The molecule has 3 aromatic carbocycles. The molecule has 1 N–H and O–H groups in total. The molecule has 0 atom stereocenters. The molecule has 0 radical (unpaired) electrons. The minimum atomic E-state index is -4.04. The average molecular weight is 507 g/mol. The van der Waals surface area contributed by atoms with E-state index in [9.17, 15) is 30.4 Å². The van der Waals surface area contributed by atoms with Gasteiger partial charge in [-0.05, 0) is 66.9 Å². The first-order valence-corrected chi connectivity index (χ1v) is 13.5. The fourth-order valence-electron chi connectivity index (χ4n) is 3.76. The van der Waals surface area contributed by atoms with E-state index in [0.29, 0.717) is 18.5 Å². The summed E-state index contributed by atoms with van der Waals surface area (Å²) in [6.07, 6.45) is 2.19. The Bertz CT molecular complexity index is 1470. The highest BCUT2D eigenvalue weighted by Gasteiger charge is 2.30. The number of nitrogens with zero attached hydrogens (tertiary/aromatic N) is 1. The van der Waals surface area contributed by atoms with Gasteiger partial charge in [0.15, 0.2) is 9.84 Å². The third-order valence-electron chi connectivity index (χ3n) is 5.45. The van der Waals surface area contributed by atoms with Gasteiger partial charge in [0.2, 0.25) is 0 Å². The number of sulfone groups is 1. The number of benzene rings is 3. The topological polar surface area (TPSA) is 101 Å². The summed E-state index contributed by atoms with van der Waals surface area (Å²) in [4.78, 5) is 12.4. The van der Waals surface area contributed by atoms with Crippen molar-refractivity contribution in [3.05, 3.63) is 83.4 Å². The molecule has 1 aliphatic heterocycles. The predicted molar refractivity (Wildman–Crippen MR) is 123 cm³/mol. The van der Waals surface area contributed by atoms with Crippen LogP contribution >= 0.6 is 0 Å². The second-order valence-electron chi connectivity index (χ2n) is 7.82. The molecular formula is C23H20F2N2O5S2. The van der Waals surface area contributed by atoms with Gasteiger partial charge in [-0.3, -0.25) is 9.10 Å². The summed E-state index contributed by atoms with van der Waals surface area (Å²) in [6.45, 7) is 0.169. The number of rotatable bonds is 5. The summed E-state index contributed by atoms with van der Waals surface area (Å²) in [5, 5.41) is 2.42. The fourth-order valence-corrected chi connectivity index (χ4v) is 5.93. The molecule has 0 aliphatic carbocycles. The maximum Gasteiger partial charge on any atom is 0.264 e. The van der Waals surface area contributed by atoms with Crippen LogP contribution in [0.3, 0.4) is 0 Å². The molecule has 4 rings (SSSR count). The number of amides is 1. The zero-order chi connectivity index (χ0) is 24.7. The molecule has 178 valence electrons. The molecule has 0 unspecified atom stereocenters. The van der Waals surface area contributed by atoms with Crippen LogP contribution < -0.4 is 9.62 Å². The summed E-state index contributed by atoms with van der Waals surface area (Å²) in [7, 11) is -7.53. The first-order chi connectivity index (χ1) is 16.0. The second-order valence-corrected chi connectivity index (χ2v) is 11.7. The molecule has 0 bridgehead atoms. The molecule has 11 heteroatoms. The number of fused-ring (bicyclic) bond motifs is 1. The van der Waals surface area contributed by atoms with Crippen molar-refractivity contribution in [2.24, 2.45) is 0 Å². The molecular weight excluding hydrogens is 486 g/mol. The average Bonchev–Trinajstić information content (AvgIpc) is 2.78. The van der Waals surface area contributed by atoms with Gasteiger partial charge in [0, 0.05) is 18.5 Å². The van der Waals surface area contributed by atoms with Crippen molar-refractivity contribution in [2.45, 2.75) is 22.6 Å². The van der Waals surface area contributed by atoms with E-state index in [1.807, 2.05) is 0 Å². The van der Waals surface area contributed by atoms with Crippen molar-refractivity contribution in [3.63, 3.8) is 0 Å². The van der Waals surface area contributed by atoms with Crippen LogP contribution in [0.5, 0.6) is 0 Å². The Hall–Kier alpha value is -3.31. The third-order valence-corrected chi connectivity index (χ3v) is 8.40. The van der Waals surface area contributed by atoms with Crippen molar-refractivity contribution in [1.29, 1.82) is 0 Å². The summed E-state index contributed by atoms with van der Waals surface area (Å²) < 4.78 is 79.2. The second kappa shape index (κ2) is 8.80. The van der Waals surface area contributed by atoms with Gasteiger partial charge in [-0.15, -0.1) is 0 Å². The Morgan fingerprint density at radius 1 is 0.912 bits per heavy atom. The lowest BCUT2D eigenvalue weighted by Gasteiger charge is -2.31. The van der Waals surface area contributed by atoms with Gasteiger partial charge in [-0.25, -0.2) is 25.6 Å². The lowest BCUT2D eigenvalue weighted by atomic mass is 10.0. The molecule has 1 amide bonds. The Morgan fingerprint density at radius 3 is 2.15 bits per heavy atom. The molecule has 34 heavy (non-hydrogen) atoms. The van der Waals surface area contributed by atoms with E-state index in [2.05, 4.69) is 5.32 Å². The Balaban J connectivity index is 1.67. The molecule has 0 fully saturated rings. The molecule has 0 saturated heterocycles. The van der Waals surface area contributed by atoms with Crippen LogP contribution in [-0.4, -0.2) is 35.5 Å². The van der Waals surface area contributed by atoms with Gasteiger partial charge in [0.25, 0.3) is 15.9 Å². The van der Waals surface area contributed by atoms with Gasteiger partial charge in [0.05, 0.1) is 15.5 Å². The van der Waals surface area contributed by atoms with Crippen molar-refractivity contribution in [1.82, 2.24) is 0 Å². The lowest BCUT2D eigenvalue weighted by Crippen LogP contribution is -2.35. The number of sulfonamides is 1. The van der Waals surface area contributed by atoms with Gasteiger partial charge >= 0.3 is 0 Å². The lowest BCUT2D eigenvalue weighted by molar-refractivity contribution is 0.101. The molecule has 0 spiro atoms. The Morgan fingerprint density at radius 2 is 1.53 bits per heavy atom. The van der Waals surface area contributed by atoms with Crippen LogP contribution in [-0.2, 0) is 26.3 Å². The summed E-state index contributed by atoms with van der Waals surface area (Å²) in [5.74, 6) is -3.04. The standard InChI is InChI=1S/C23H20F2N2O5S2/c1-33(29,30)17-9-11-18(12-10-17)34(31,32)27-13-3-4-15-7-8-16(14-21(15)27)26-23(28)22-19(24)5-2-6-20(22)25/h2,5-12,14H,3-4,13H2,1H3,(H,26,28). The van der Waals surface area contributed by atoms with Crippen LogP contribution in [0.25, 0.3) is 0 Å². The van der Waals surface area contributed by atoms with Crippen LogP contribution in [0.1, 0.15) is 22.3 Å². The van der Waals surface area contributed by atoms with Crippen molar-refractivity contribution < 1.29 is 30.4 Å². The largest absolute Gasteiger partial charge is 0.322 e. The van der Waals surface area contributed by atoms with Gasteiger partial charge in [0.1, 0.15) is 17.2 Å². The number of anilines is 2. The maximum absolute atomic E-state index is 14.0.